The molecule has 0 saturated carbocycles. The van der Waals surface area contributed by atoms with E-state index in [0.29, 0.717) is 43.4 Å². The number of H-pyrrole nitrogens is 2. The highest BCUT2D eigenvalue weighted by atomic mass is 16.2. The van der Waals surface area contributed by atoms with E-state index in [1.54, 1.807) is 36.5 Å². The van der Waals surface area contributed by atoms with Crippen molar-refractivity contribution in [2.45, 2.75) is 128 Å². The average molecular weight is 966 g/mol. The summed E-state index contributed by atoms with van der Waals surface area (Å²) in [7, 11) is 0. The molecule has 21 nitrogen and oxygen atoms in total. The molecule has 1 aliphatic heterocycles. The zero-order valence-electron chi connectivity index (χ0n) is 40.0. The molecule has 0 unspecified atom stereocenters. The zero-order chi connectivity index (χ0) is 50.7. The third kappa shape index (κ3) is 15.7. The number of unbranched alkanes of at least 4 members (excludes halogenated alkanes) is 1. The van der Waals surface area contributed by atoms with Crippen molar-refractivity contribution >= 4 is 64.0 Å². The molecule has 7 atom stereocenters. The predicted molar refractivity (Wildman–Crippen MR) is 262 cm³/mol. The van der Waals surface area contributed by atoms with E-state index in [9.17, 15) is 38.4 Å². The van der Waals surface area contributed by atoms with Crippen LogP contribution < -0.4 is 43.8 Å². The molecular formula is C49H67N13O8. The number of aromatic amines is 2. The van der Waals surface area contributed by atoms with Gasteiger partial charge in [-0.05, 0) is 62.6 Å². The number of Topliss-reactive ketones (excluding diaryl/α,β-unsaturated/α-hetero) is 1. The van der Waals surface area contributed by atoms with E-state index in [0.717, 1.165) is 22.9 Å². The predicted octanol–water partition coefficient (Wildman–Crippen LogP) is 0.678. The van der Waals surface area contributed by atoms with Crippen LogP contribution >= 0.6 is 0 Å². The second kappa shape index (κ2) is 26.3. The van der Waals surface area contributed by atoms with E-state index < -0.39 is 89.3 Å². The van der Waals surface area contributed by atoms with Crippen molar-refractivity contribution in [2.75, 3.05) is 13.1 Å². The molecule has 21 heteroatoms. The standard InChI is InChI=1S/C49H67N13O8/c1-4-5-17-37(58-30(3)63)45(67)57-29(2)44(66)61-40(25-34-27-53-28-56-34)46(68)59-38(22-31-13-7-6-8-14-31)42(64)24-32(15-11-20-54-49(51)52)48(70)62-21-12-19-41(62)47(69)60-39(43(50)65)23-33-26-55-36-18-10-9-16-35(33)36/h6-10,13-14,16,18,26-29,32,37-41,55H,4-5,11-12,15,17,19-25H2,1-3H3,(H2,50,65)(H,53,56)(H,57,67)(H,58,63)(H,59,68)(H,60,69)(H,61,66)(H4,51,52,54)/t29-,32+,37-,38+,39+,40-,41-/m0/s1. The fourth-order valence-corrected chi connectivity index (χ4v) is 8.58. The van der Waals surface area contributed by atoms with Gasteiger partial charge in [0, 0.05) is 74.2 Å². The van der Waals surface area contributed by atoms with Gasteiger partial charge in [0.15, 0.2) is 11.7 Å². The van der Waals surface area contributed by atoms with Crippen LogP contribution in [0, 0.1) is 5.92 Å². The lowest BCUT2D eigenvalue weighted by Crippen LogP contribution is -2.57. The van der Waals surface area contributed by atoms with E-state index in [2.05, 4.69) is 46.5 Å². The van der Waals surface area contributed by atoms with E-state index in [1.807, 2.05) is 31.2 Å². The maximum atomic E-state index is 14.7. The Hall–Kier alpha value is -7.58. The summed E-state index contributed by atoms with van der Waals surface area (Å²) in [5.41, 5.74) is 19.8. The summed E-state index contributed by atoms with van der Waals surface area (Å²) in [5.74, 6) is -5.78. The van der Waals surface area contributed by atoms with E-state index >= 15 is 0 Å². The van der Waals surface area contributed by atoms with Gasteiger partial charge in [0.05, 0.1) is 12.4 Å². The first-order valence-electron chi connectivity index (χ1n) is 23.8. The number of carbonyl (C=O) groups is 8. The second-order valence-corrected chi connectivity index (χ2v) is 17.8. The van der Waals surface area contributed by atoms with Crippen LogP contribution in [0.1, 0.15) is 89.0 Å². The lowest BCUT2D eigenvalue weighted by Gasteiger charge is -2.30. The number of hydrogen-bond acceptors (Lipinski definition) is 10. The van der Waals surface area contributed by atoms with Crippen LogP contribution in [-0.2, 0) is 57.6 Å². The Morgan fingerprint density at radius 2 is 1.50 bits per heavy atom. The van der Waals surface area contributed by atoms with Crippen molar-refractivity contribution in [2.24, 2.45) is 28.1 Å². The molecule has 0 spiro atoms. The number of para-hydroxylation sites is 1. The molecule has 5 rings (SSSR count). The highest BCUT2D eigenvalue weighted by molar-refractivity contribution is 5.98. The van der Waals surface area contributed by atoms with Crippen molar-refractivity contribution in [3.05, 3.63) is 90.1 Å². The number of benzene rings is 2. The minimum atomic E-state index is -1.27. The van der Waals surface area contributed by atoms with Crippen molar-refractivity contribution in [3.63, 3.8) is 0 Å². The topological polar surface area (TPSA) is 335 Å². The lowest BCUT2D eigenvalue weighted by atomic mass is 9.90. The molecule has 1 fully saturated rings. The van der Waals surface area contributed by atoms with Gasteiger partial charge >= 0.3 is 0 Å². The van der Waals surface area contributed by atoms with Gasteiger partial charge in [0.1, 0.15) is 30.2 Å². The number of hydrogen-bond donors (Lipinski definition) is 10. The highest BCUT2D eigenvalue weighted by Gasteiger charge is 2.40. The molecule has 0 radical (unpaired) electrons. The Labute approximate surface area is 406 Å². The Morgan fingerprint density at radius 1 is 0.786 bits per heavy atom. The van der Waals surface area contributed by atoms with E-state index in [4.69, 9.17) is 17.2 Å². The summed E-state index contributed by atoms with van der Waals surface area (Å²) in [6.07, 6.45) is 7.40. The summed E-state index contributed by atoms with van der Waals surface area (Å²) < 4.78 is 0. The minimum absolute atomic E-state index is 0.0273. The third-order valence-corrected chi connectivity index (χ3v) is 12.3. The molecule has 0 aliphatic carbocycles. The monoisotopic (exact) mass is 966 g/mol. The number of aliphatic imine (C=N–C) groups is 1. The van der Waals surface area contributed by atoms with Crippen LogP contribution in [-0.4, -0.2) is 122 Å². The number of amides is 7. The number of imidazole rings is 1. The number of nitrogens with one attached hydrogen (secondary N) is 7. The first-order valence-corrected chi connectivity index (χ1v) is 23.8. The van der Waals surface area contributed by atoms with Gasteiger partial charge < -0.3 is 58.7 Å². The summed E-state index contributed by atoms with van der Waals surface area (Å²) in [4.78, 5) is 125. The van der Waals surface area contributed by atoms with Crippen LogP contribution in [0.4, 0.5) is 0 Å². The quantitative estimate of drug-likeness (QED) is 0.0225. The number of fused-ring (bicyclic) bond motifs is 1. The Balaban J connectivity index is 1.35. The molecule has 13 N–H and O–H groups in total. The number of rotatable bonds is 27. The fourth-order valence-electron chi connectivity index (χ4n) is 8.58. The van der Waals surface area contributed by atoms with Crippen molar-refractivity contribution in [1.82, 2.24) is 46.4 Å². The number of likely N-dealkylation sites (tertiary alicyclic amines) is 1. The van der Waals surface area contributed by atoms with Crippen molar-refractivity contribution in [1.29, 1.82) is 0 Å². The maximum Gasteiger partial charge on any atom is 0.243 e. The van der Waals surface area contributed by atoms with Crippen LogP contribution in [0.25, 0.3) is 10.9 Å². The largest absolute Gasteiger partial charge is 0.370 e. The van der Waals surface area contributed by atoms with Gasteiger partial charge in [-0.2, -0.15) is 0 Å². The second-order valence-electron chi connectivity index (χ2n) is 17.8. The molecule has 7 amide bonds. The molecule has 2 aromatic heterocycles. The zero-order valence-corrected chi connectivity index (χ0v) is 40.0. The Kier molecular flexibility index (Phi) is 20.0. The first-order chi connectivity index (χ1) is 33.5. The molecule has 2 aromatic carbocycles. The summed E-state index contributed by atoms with van der Waals surface area (Å²) >= 11 is 0. The van der Waals surface area contributed by atoms with Gasteiger partial charge in [-0.3, -0.25) is 43.3 Å². The Bertz CT molecular complexity index is 2450. The first kappa shape index (κ1) is 53.4. The number of aromatic nitrogens is 3. The van der Waals surface area contributed by atoms with Gasteiger partial charge in [0.2, 0.25) is 41.4 Å². The Morgan fingerprint density at radius 3 is 2.19 bits per heavy atom. The molecular weight excluding hydrogens is 899 g/mol. The maximum absolute atomic E-state index is 14.7. The summed E-state index contributed by atoms with van der Waals surface area (Å²) in [5, 5.41) is 14.5. The van der Waals surface area contributed by atoms with Gasteiger partial charge in [-0.15, -0.1) is 0 Å². The summed E-state index contributed by atoms with van der Waals surface area (Å²) in [6, 6.07) is 9.97. The van der Waals surface area contributed by atoms with Crippen molar-refractivity contribution in [3.8, 4) is 0 Å². The number of carbonyl (C=O) groups excluding carboxylic acids is 8. The molecule has 3 heterocycles. The summed E-state index contributed by atoms with van der Waals surface area (Å²) in [6.45, 7) is 5.06. The number of nitrogens with two attached hydrogens (primary N) is 3. The van der Waals surface area contributed by atoms with Crippen molar-refractivity contribution < 1.29 is 38.4 Å². The SMILES string of the molecule is CCCC[C@H](NC(C)=O)C(=O)N[C@@H](C)C(=O)N[C@@H](Cc1cnc[nH]1)C(=O)N[C@H](Cc1ccccc1)C(=O)C[C@@H](CCCN=C(N)N)C(=O)N1CCC[C@H]1C(=O)N[C@H](Cc1c[nH]c2ccccc12)C(N)=O. The average Bonchev–Trinajstić information content (AvgIpc) is 4.13. The number of nitrogens with zero attached hydrogens (tertiary/aromatic N) is 3. The van der Waals surface area contributed by atoms with Crippen LogP contribution in [0.2, 0.25) is 0 Å². The van der Waals surface area contributed by atoms with Crippen LogP contribution in [0.15, 0.2) is 78.3 Å². The number of primary amides is 1. The van der Waals surface area contributed by atoms with Gasteiger partial charge in [-0.25, -0.2) is 4.98 Å². The normalized spacial score (nSPS) is 15.9. The molecule has 1 aliphatic rings. The molecule has 70 heavy (non-hydrogen) atoms. The van der Waals surface area contributed by atoms with Crippen LogP contribution in [0.5, 0.6) is 0 Å². The van der Waals surface area contributed by atoms with Crippen LogP contribution in [0.3, 0.4) is 0 Å². The fraction of sp³-hybridized carbons (Fsp3) is 0.469. The van der Waals surface area contributed by atoms with E-state index in [-0.39, 0.29) is 51.2 Å². The molecule has 4 aromatic rings. The highest BCUT2D eigenvalue weighted by Crippen LogP contribution is 2.26. The lowest BCUT2D eigenvalue weighted by molar-refractivity contribution is -0.144. The molecule has 1 saturated heterocycles. The third-order valence-electron chi connectivity index (χ3n) is 12.3. The molecule has 0 bridgehead atoms. The smallest absolute Gasteiger partial charge is 0.243 e. The number of guanidine groups is 1. The van der Waals surface area contributed by atoms with Gasteiger partial charge in [0.25, 0.3) is 0 Å². The van der Waals surface area contributed by atoms with E-state index in [1.165, 1.54) is 31.3 Å². The molecule has 376 valence electrons. The number of ketones is 1. The van der Waals surface area contributed by atoms with Gasteiger partial charge in [-0.1, -0.05) is 68.3 Å². The minimum Gasteiger partial charge on any atom is -0.370 e.